The number of fused-ring (bicyclic) bond motifs is 10. The van der Waals surface area contributed by atoms with Crippen molar-refractivity contribution in [3.8, 4) is 39.9 Å². The molecule has 4 heterocycles. The van der Waals surface area contributed by atoms with E-state index in [-0.39, 0.29) is 0 Å². The van der Waals surface area contributed by atoms with E-state index in [0.717, 1.165) is 55.3 Å². The number of hydrogen-bond acceptors (Lipinski definition) is 5. The Kier molecular flexibility index (Phi) is 6.05. The van der Waals surface area contributed by atoms with E-state index in [1.165, 1.54) is 30.9 Å². The van der Waals surface area contributed by atoms with Gasteiger partial charge in [0.25, 0.3) is 0 Å². The largest absolute Gasteiger partial charge is 0.455 e. The van der Waals surface area contributed by atoms with Crippen molar-refractivity contribution in [1.82, 2.24) is 19.5 Å². The van der Waals surface area contributed by atoms with Gasteiger partial charge in [0.1, 0.15) is 11.2 Å². The molecule has 0 amide bonds. The zero-order valence-electron chi connectivity index (χ0n) is 27.1. The number of hydrogen-bond donors (Lipinski definition) is 0. The molecule has 0 atom stereocenters. The molecule has 5 nitrogen and oxygen atoms in total. The van der Waals surface area contributed by atoms with E-state index in [1.807, 2.05) is 84.1 Å². The second-order valence-electron chi connectivity index (χ2n) is 12.8. The van der Waals surface area contributed by atoms with Crippen LogP contribution in [-0.4, -0.2) is 19.5 Å². The Morgan fingerprint density at radius 3 is 1.82 bits per heavy atom. The molecule has 0 radical (unpaired) electrons. The summed E-state index contributed by atoms with van der Waals surface area (Å²) in [6.07, 6.45) is 0. The van der Waals surface area contributed by atoms with Gasteiger partial charge in [-0.3, -0.25) is 0 Å². The minimum atomic E-state index is 0.562. The Balaban J connectivity index is 1.24. The first-order valence-electron chi connectivity index (χ1n) is 17.0. The zero-order chi connectivity index (χ0) is 33.5. The fourth-order valence-corrected chi connectivity index (χ4v) is 8.75. The molecule has 0 unspecified atom stereocenters. The van der Waals surface area contributed by atoms with Gasteiger partial charge >= 0.3 is 0 Å². The molecule has 0 saturated carbocycles. The third-order valence-electron chi connectivity index (χ3n) is 9.86. The van der Waals surface area contributed by atoms with Crippen molar-refractivity contribution in [2.45, 2.75) is 0 Å². The smallest absolute Gasteiger partial charge is 0.167 e. The minimum Gasteiger partial charge on any atom is -0.455 e. The number of thiophene rings is 1. The van der Waals surface area contributed by atoms with Gasteiger partial charge in [0.2, 0.25) is 0 Å². The number of rotatable bonds is 4. The van der Waals surface area contributed by atoms with E-state index < -0.39 is 0 Å². The summed E-state index contributed by atoms with van der Waals surface area (Å²) in [6, 6.07) is 54.8. The first-order chi connectivity index (χ1) is 25.3. The lowest BCUT2D eigenvalue weighted by atomic mass is 10.0. The lowest BCUT2D eigenvalue weighted by molar-refractivity contribution is 0.669. The van der Waals surface area contributed by atoms with Crippen LogP contribution in [-0.2, 0) is 0 Å². The number of benzene rings is 7. The molecule has 11 rings (SSSR count). The quantitative estimate of drug-likeness (QED) is 0.187. The highest BCUT2D eigenvalue weighted by Gasteiger charge is 2.24. The lowest BCUT2D eigenvalue weighted by Crippen LogP contribution is -2.01. The van der Waals surface area contributed by atoms with Gasteiger partial charge in [-0.15, -0.1) is 11.3 Å². The molecule has 51 heavy (non-hydrogen) atoms. The van der Waals surface area contributed by atoms with E-state index in [0.29, 0.717) is 17.5 Å². The summed E-state index contributed by atoms with van der Waals surface area (Å²) in [5.74, 6) is 1.79. The Morgan fingerprint density at radius 1 is 0.431 bits per heavy atom. The Labute approximate surface area is 295 Å². The van der Waals surface area contributed by atoms with E-state index in [1.54, 1.807) is 0 Å². The van der Waals surface area contributed by atoms with Gasteiger partial charge in [-0.2, -0.15) is 0 Å². The minimum absolute atomic E-state index is 0.562. The summed E-state index contributed by atoms with van der Waals surface area (Å²) in [4.78, 5) is 15.1. The topological polar surface area (TPSA) is 56.7 Å². The summed E-state index contributed by atoms with van der Waals surface area (Å²) in [5, 5.41) is 7.15. The zero-order valence-corrected chi connectivity index (χ0v) is 27.9. The Hall–Kier alpha value is -6.63. The Bertz CT molecular complexity index is 3080. The average Bonchev–Trinajstić information content (AvgIpc) is 3.88. The van der Waals surface area contributed by atoms with Crippen LogP contribution >= 0.6 is 11.3 Å². The van der Waals surface area contributed by atoms with Crippen molar-refractivity contribution in [2.24, 2.45) is 0 Å². The second kappa shape index (κ2) is 10.9. The van der Waals surface area contributed by atoms with Crippen LogP contribution in [0.3, 0.4) is 0 Å². The summed E-state index contributed by atoms with van der Waals surface area (Å²) in [6.45, 7) is 0. The first kappa shape index (κ1) is 28.2. The highest BCUT2D eigenvalue weighted by molar-refractivity contribution is 7.26. The lowest BCUT2D eigenvalue weighted by Gasteiger charge is -2.13. The summed E-state index contributed by atoms with van der Waals surface area (Å²) < 4.78 is 11.8. The third-order valence-corrected chi connectivity index (χ3v) is 11.0. The van der Waals surface area contributed by atoms with Crippen molar-refractivity contribution >= 4 is 75.3 Å². The number of aromatic nitrogens is 4. The molecule has 0 fully saturated rings. The van der Waals surface area contributed by atoms with Crippen molar-refractivity contribution in [3.63, 3.8) is 0 Å². The van der Waals surface area contributed by atoms with Crippen molar-refractivity contribution in [2.75, 3.05) is 0 Å². The maximum Gasteiger partial charge on any atom is 0.167 e. The van der Waals surface area contributed by atoms with Gasteiger partial charge in [0.15, 0.2) is 17.5 Å². The summed E-state index contributed by atoms with van der Waals surface area (Å²) in [7, 11) is 0. The van der Waals surface area contributed by atoms with Gasteiger partial charge in [0.05, 0.1) is 27.7 Å². The standard InChI is InChI=1S/C45H26N4OS/c1-3-13-27(14-4-1)43-46-44(28-15-5-2-6-16-28)48-45(47-43)32-23-24-35(40-30-18-8-11-21-36(30)50-42(32)40)49-33-20-10-7-17-29(33)39-34(49)25-26-38-41(39)31-19-9-12-22-37(31)51-38/h1-26H. The maximum atomic E-state index is 6.80. The molecule has 0 saturated heterocycles. The van der Waals surface area contributed by atoms with Crippen molar-refractivity contribution in [3.05, 3.63) is 158 Å². The molecule has 238 valence electrons. The van der Waals surface area contributed by atoms with E-state index in [2.05, 4.69) is 89.5 Å². The van der Waals surface area contributed by atoms with Crippen LogP contribution in [0.15, 0.2) is 162 Å². The molecule has 0 aliphatic carbocycles. The van der Waals surface area contributed by atoms with E-state index in [4.69, 9.17) is 19.4 Å². The number of para-hydroxylation sites is 2. The maximum absolute atomic E-state index is 6.80. The molecule has 0 spiro atoms. The van der Waals surface area contributed by atoms with E-state index >= 15 is 0 Å². The van der Waals surface area contributed by atoms with Crippen LogP contribution < -0.4 is 0 Å². The first-order valence-corrected chi connectivity index (χ1v) is 17.8. The number of furan rings is 1. The molecule has 6 heteroatoms. The molecule has 0 N–H and O–H groups in total. The Morgan fingerprint density at radius 2 is 1.06 bits per heavy atom. The molecule has 7 aromatic carbocycles. The predicted octanol–water partition coefficient (Wildman–Crippen LogP) is 12.2. The SMILES string of the molecule is c1ccc(-c2nc(-c3ccccc3)nc(-c3ccc(-n4c5ccccc5c5c6c(ccc54)sc4ccccc46)c4c3oc3ccccc34)n2)cc1. The molecule has 0 bridgehead atoms. The van der Waals surface area contributed by atoms with Gasteiger partial charge in [-0.05, 0) is 42.5 Å². The normalized spacial score (nSPS) is 11.9. The second-order valence-corrected chi connectivity index (χ2v) is 13.8. The van der Waals surface area contributed by atoms with E-state index in [9.17, 15) is 0 Å². The van der Waals surface area contributed by atoms with Gasteiger partial charge in [0, 0.05) is 47.5 Å². The average molecular weight is 671 g/mol. The van der Waals surface area contributed by atoms with Crippen LogP contribution in [0.25, 0.3) is 104 Å². The van der Waals surface area contributed by atoms with Gasteiger partial charge < -0.3 is 8.98 Å². The monoisotopic (exact) mass is 670 g/mol. The highest BCUT2D eigenvalue weighted by Crippen LogP contribution is 2.46. The molecule has 0 aliphatic rings. The molecular weight excluding hydrogens is 645 g/mol. The van der Waals surface area contributed by atoms with Crippen LogP contribution in [0.5, 0.6) is 0 Å². The van der Waals surface area contributed by atoms with Crippen LogP contribution in [0.1, 0.15) is 0 Å². The van der Waals surface area contributed by atoms with Crippen LogP contribution in [0.4, 0.5) is 0 Å². The van der Waals surface area contributed by atoms with Crippen molar-refractivity contribution in [1.29, 1.82) is 0 Å². The third kappa shape index (κ3) is 4.24. The summed E-state index contributed by atoms with van der Waals surface area (Å²) in [5.41, 5.74) is 7.57. The fourth-order valence-electron chi connectivity index (χ4n) is 7.64. The fraction of sp³-hybridized carbons (Fsp3) is 0. The van der Waals surface area contributed by atoms with Crippen LogP contribution in [0.2, 0.25) is 0 Å². The summed E-state index contributed by atoms with van der Waals surface area (Å²) >= 11 is 1.85. The van der Waals surface area contributed by atoms with Gasteiger partial charge in [-0.1, -0.05) is 115 Å². The molecule has 0 aliphatic heterocycles. The number of nitrogens with zero attached hydrogens (tertiary/aromatic N) is 4. The van der Waals surface area contributed by atoms with Crippen LogP contribution in [0, 0.1) is 0 Å². The van der Waals surface area contributed by atoms with Gasteiger partial charge in [-0.25, -0.2) is 15.0 Å². The predicted molar refractivity (Wildman–Crippen MR) is 211 cm³/mol. The molecule has 4 aromatic heterocycles. The molecule has 11 aromatic rings. The van der Waals surface area contributed by atoms with Crippen molar-refractivity contribution < 1.29 is 4.42 Å². The molecular formula is C45H26N4OS. The highest BCUT2D eigenvalue weighted by atomic mass is 32.1.